The molecule has 0 aliphatic heterocycles. The number of ether oxygens (including phenoxy) is 2. The lowest BCUT2D eigenvalue weighted by atomic mass is 10.0. The van der Waals surface area contributed by atoms with Gasteiger partial charge in [-0.1, -0.05) is 12.1 Å². The Bertz CT molecular complexity index is 856. The topological polar surface area (TPSA) is 85.4 Å². The first-order chi connectivity index (χ1) is 11.5. The van der Waals surface area contributed by atoms with Crippen molar-refractivity contribution < 1.29 is 14.4 Å². The first kappa shape index (κ1) is 17.5. The summed E-state index contributed by atoms with van der Waals surface area (Å²) < 4.78 is 11.2. The van der Waals surface area contributed by atoms with Crippen molar-refractivity contribution in [1.29, 1.82) is 5.26 Å². The summed E-state index contributed by atoms with van der Waals surface area (Å²) in [5, 5.41) is 20.3. The van der Waals surface area contributed by atoms with Crippen LogP contribution in [0.25, 0.3) is 11.6 Å². The van der Waals surface area contributed by atoms with E-state index in [1.165, 1.54) is 19.2 Å². The van der Waals surface area contributed by atoms with E-state index < -0.39 is 4.92 Å². The highest BCUT2D eigenvalue weighted by Gasteiger charge is 2.12. The highest BCUT2D eigenvalue weighted by atomic mass is 79.9. The Morgan fingerprint density at radius 1 is 1.25 bits per heavy atom. The van der Waals surface area contributed by atoms with Crippen LogP contribution in [0.1, 0.15) is 11.1 Å². The van der Waals surface area contributed by atoms with Crippen molar-refractivity contribution in [3.8, 4) is 17.6 Å². The van der Waals surface area contributed by atoms with Crippen LogP contribution in [0.2, 0.25) is 0 Å². The van der Waals surface area contributed by atoms with Gasteiger partial charge in [-0.3, -0.25) is 10.1 Å². The number of nitriles is 1. The summed E-state index contributed by atoms with van der Waals surface area (Å²) in [6.45, 7) is 0. The molecule has 2 aromatic carbocycles. The number of rotatable bonds is 5. The van der Waals surface area contributed by atoms with Crippen molar-refractivity contribution in [2.45, 2.75) is 0 Å². The Kier molecular flexibility index (Phi) is 5.55. The molecule has 0 saturated heterocycles. The van der Waals surface area contributed by atoms with Gasteiger partial charge in [0.05, 0.1) is 35.3 Å². The zero-order chi connectivity index (χ0) is 17.7. The first-order valence-electron chi connectivity index (χ1n) is 6.78. The van der Waals surface area contributed by atoms with Crippen molar-refractivity contribution in [2.24, 2.45) is 0 Å². The summed E-state index contributed by atoms with van der Waals surface area (Å²) in [6.07, 6.45) is 1.61. The maximum Gasteiger partial charge on any atom is 0.270 e. The minimum absolute atomic E-state index is 0.0727. The molecule has 24 heavy (non-hydrogen) atoms. The monoisotopic (exact) mass is 388 g/mol. The number of nitro benzene ring substituents is 1. The lowest BCUT2D eigenvalue weighted by Gasteiger charge is -2.10. The summed E-state index contributed by atoms with van der Waals surface area (Å²) in [5.74, 6) is 1.12. The van der Waals surface area contributed by atoms with E-state index in [2.05, 4.69) is 22.0 Å². The van der Waals surface area contributed by atoms with Crippen molar-refractivity contribution in [1.82, 2.24) is 0 Å². The Hall–Kier alpha value is -2.85. The van der Waals surface area contributed by atoms with E-state index in [1.54, 1.807) is 37.5 Å². The highest BCUT2D eigenvalue weighted by molar-refractivity contribution is 9.10. The Morgan fingerprint density at radius 3 is 2.54 bits per heavy atom. The van der Waals surface area contributed by atoms with Gasteiger partial charge in [0.2, 0.25) is 0 Å². The number of hydrogen-bond acceptors (Lipinski definition) is 5. The van der Waals surface area contributed by atoms with E-state index in [1.807, 2.05) is 0 Å². The average Bonchev–Trinajstić information content (AvgIpc) is 2.59. The third kappa shape index (κ3) is 3.73. The molecule has 122 valence electrons. The van der Waals surface area contributed by atoms with Crippen LogP contribution in [-0.4, -0.2) is 19.1 Å². The molecule has 7 heteroatoms. The van der Waals surface area contributed by atoms with Gasteiger partial charge in [0.15, 0.2) is 0 Å². The smallest absolute Gasteiger partial charge is 0.270 e. The van der Waals surface area contributed by atoms with Gasteiger partial charge in [0.25, 0.3) is 5.69 Å². The maximum absolute atomic E-state index is 10.9. The van der Waals surface area contributed by atoms with E-state index >= 15 is 0 Å². The van der Waals surface area contributed by atoms with E-state index in [9.17, 15) is 15.4 Å². The molecule has 0 unspecified atom stereocenters. The van der Waals surface area contributed by atoms with Crippen molar-refractivity contribution in [2.75, 3.05) is 14.2 Å². The molecule has 2 rings (SSSR count). The van der Waals surface area contributed by atoms with E-state index in [4.69, 9.17) is 9.47 Å². The number of halogens is 1. The quantitative estimate of drug-likeness (QED) is 0.327. The minimum atomic E-state index is -0.497. The van der Waals surface area contributed by atoms with Crippen LogP contribution in [0.15, 0.2) is 40.9 Å². The molecule has 0 fully saturated rings. The average molecular weight is 389 g/mol. The fourth-order valence-electron chi connectivity index (χ4n) is 2.12. The molecule has 0 saturated carbocycles. The number of non-ortho nitro benzene ring substituents is 1. The Labute approximate surface area is 147 Å². The van der Waals surface area contributed by atoms with Gasteiger partial charge in [0, 0.05) is 23.8 Å². The molecule has 0 aliphatic carbocycles. The molecule has 0 amide bonds. The molecule has 0 N–H and O–H groups in total. The number of methoxy groups -OCH3 is 2. The molecular weight excluding hydrogens is 376 g/mol. The Balaban J connectivity index is 2.56. The third-order valence-corrected chi connectivity index (χ3v) is 3.91. The van der Waals surface area contributed by atoms with Crippen molar-refractivity contribution in [3.63, 3.8) is 0 Å². The van der Waals surface area contributed by atoms with Gasteiger partial charge in [-0.05, 0) is 33.6 Å². The zero-order valence-corrected chi connectivity index (χ0v) is 14.5. The van der Waals surface area contributed by atoms with Crippen molar-refractivity contribution in [3.05, 3.63) is 62.1 Å². The largest absolute Gasteiger partial charge is 0.496 e. The van der Waals surface area contributed by atoms with Crippen LogP contribution in [-0.2, 0) is 0 Å². The summed E-state index contributed by atoms with van der Waals surface area (Å²) in [6, 6.07) is 11.4. The lowest BCUT2D eigenvalue weighted by molar-refractivity contribution is -0.384. The van der Waals surface area contributed by atoms with Gasteiger partial charge < -0.3 is 9.47 Å². The highest BCUT2D eigenvalue weighted by Crippen LogP contribution is 2.35. The predicted octanol–water partition coefficient (Wildman–Crippen LogP) is 4.44. The Morgan fingerprint density at radius 2 is 1.96 bits per heavy atom. The number of allylic oxidation sites excluding steroid dienone is 1. The van der Waals surface area contributed by atoms with Crippen LogP contribution < -0.4 is 9.47 Å². The van der Waals surface area contributed by atoms with E-state index in [0.29, 0.717) is 27.1 Å². The SMILES string of the molecule is COc1cc(OC)c(C=C(C#N)c2cccc([N+](=O)[O-])c2)cc1Br. The normalized spacial score (nSPS) is 10.8. The standard InChI is InChI=1S/C17H13BrN2O4/c1-23-16-9-17(24-2)15(18)8-12(16)6-13(10-19)11-4-3-5-14(7-11)20(21)22/h3-9H,1-2H3. The van der Waals surface area contributed by atoms with E-state index in [0.717, 1.165) is 0 Å². The molecule has 0 heterocycles. The van der Waals surface area contributed by atoms with E-state index in [-0.39, 0.29) is 11.3 Å². The summed E-state index contributed by atoms with van der Waals surface area (Å²) >= 11 is 3.39. The molecular formula is C17H13BrN2O4. The third-order valence-electron chi connectivity index (χ3n) is 3.29. The summed E-state index contributed by atoms with van der Waals surface area (Å²) in [4.78, 5) is 10.4. The molecule has 0 radical (unpaired) electrons. The van der Waals surface area contributed by atoms with Crippen LogP contribution in [0, 0.1) is 21.4 Å². The van der Waals surface area contributed by atoms with Gasteiger partial charge in [0.1, 0.15) is 11.5 Å². The molecule has 0 bridgehead atoms. The zero-order valence-electron chi connectivity index (χ0n) is 12.9. The molecule has 0 spiro atoms. The molecule has 6 nitrogen and oxygen atoms in total. The fraction of sp³-hybridized carbons (Fsp3) is 0.118. The number of benzene rings is 2. The second-order valence-corrected chi connectivity index (χ2v) is 5.56. The molecule has 0 aromatic heterocycles. The van der Waals surface area contributed by atoms with Crippen LogP contribution in [0.3, 0.4) is 0 Å². The summed E-state index contributed by atoms with van der Waals surface area (Å²) in [5.41, 5.74) is 1.32. The molecule has 2 aromatic rings. The predicted molar refractivity (Wildman–Crippen MR) is 93.8 cm³/mol. The van der Waals surface area contributed by atoms with Crippen LogP contribution in [0.5, 0.6) is 11.5 Å². The fourth-order valence-corrected chi connectivity index (χ4v) is 2.64. The van der Waals surface area contributed by atoms with Crippen molar-refractivity contribution >= 4 is 33.3 Å². The first-order valence-corrected chi connectivity index (χ1v) is 7.57. The van der Waals surface area contributed by atoms with Crippen LogP contribution >= 0.6 is 15.9 Å². The summed E-state index contributed by atoms with van der Waals surface area (Å²) in [7, 11) is 3.05. The minimum Gasteiger partial charge on any atom is -0.496 e. The van der Waals surface area contributed by atoms with Gasteiger partial charge in [-0.25, -0.2) is 0 Å². The van der Waals surface area contributed by atoms with Gasteiger partial charge >= 0.3 is 0 Å². The van der Waals surface area contributed by atoms with Gasteiger partial charge in [-0.2, -0.15) is 5.26 Å². The molecule has 0 atom stereocenters. The number of nitro groups is 1. The van der Waals surface area contributed by atoms with Crippen LogP contribution in [0.4, 0.5) is 5.69 Å². The number of hydrogen-bond donors (Lipinski definition) is 0. The lowest BCUT2D eigenvalue weighted by Crippen LogP contribution is -1.93. The van der Waals surface area contributed by atoms with Gasteiger partial charge in [-0.15, -0.1) is 0 Å². The second kappa shape index (κ2) is 7.62. The second-order valence-electron chi connectivity index (χ2n) is 4.71. The number of nitrogens with zero attached hydrogens (tertiary/aromatic N) is 2. The molecule has 0 aliphatic rings. The maximum atomic E-state index is 10.9.